The Kier molecular flexibility index (Phi) is 3.63. The van der Waals surface area contributed by atoms with E-state index in [0.717, 1.165) is 14.8 Å². The zero-order chi connectivity index (χ0) is 12.4. The predicted octanol–water partition coefficient (Wildman–Crippen LogP) is 3.69. The van der Waals surface area contributed by atoms with Crippen LogP contribution in [0.25, 0.3) is 0 Å². The number of nitrogens with one attached hydrogen (secondary N) is 1. The summed E-state index contributed by atoms with van der Waals surface area (Å²) in [5.41, 5.74) is 0.754. The van der Waals surface area contributed by atoms with Crippen molar-refractivity contribution in [2.45, 2.75) is 34.7 Å². The first kappa shape index (κ1) is 12.1. The molecule has 0 saturated heterocycles. The molecule has 0 atom stereocenters. The molecular formula is C13H13FN2S2. The van der Waals surface area contributed by atoms with Gasteiger partial charge in [-0.15, -0.1) is 11.3 Å². The maximum absolute atomic E-state index is 13.9. The lowest BCUT2D eigenvalue weighted by Gasteiger charge is -2.09. The van der Waals surface area contributed by atoms with E-state index in [-0.39, 0.29) is 5.82 Å². The van der Waals surface area contributed by atoms with Gasteiger partial charge in [0.05, 0.1) is 0 Å². The average Bonchev–Trinajstić information content (AvgIpc) is 3.05. The molecule has 1 aromatic carbocycles. The lowest BCUT2D eigenvalue weighted by atomic mass is 10.2. The van der Waals surface area contributed by atoms with Crippen molar-refractivity contribution in [3.05, 3.63) is 41.2 Å². The molecule has 2 aromatic rings. The van der Waals surface area contributed by atoms with E-state index in [4.69, 9.17) is 0 Å². The van der Waals surface area contributed by atoms with Gasteiger partial charge in [-0.3, -0.25) is 0 Å². The minimum absolute atomic E-state index is 0.135. The zero-order valence-electron chi connectivity index (χ0n) is 9.73. The average molecular weight is 280 g/mol. The second-order valence-electron chi connectivity index (χ2n) is 4.27. The van der Waals surface area contributed by atoms with Crippen LogP contribution in [0.1, 0.15) is 18.4 Å². The van der Waals surface area contributed by atoms with E-state index in [1.54, 1.807) is 23.6 Å². The second kappa shape index (κ2) is 5.38. The quantitative estimate of drug-likeness (QED) is 0.904. The minimum atomic E-state index is -0.135. The van der Waals surface area contributed by atoms with Gasteiger partial charge in [-0.25, -0.2) is 9.37 Å². The summed E-state index contributed by atoms with van der Waals surface area (Å²) < 4.78 is 14.8. The first-order valence-electron chi connectivity index (χ1n) is 5.91. The number of thiazole rings is 1. The van der Waals surface area contributed by atoms with Crippen LogP contribution in [0, 0.1) is 5.82 Å². The van der Waals surface area contributed by atoms with Crippen LogP contribution in [0.5, 0.6) is 0 Å². The third-order valence-corrected chi connectivity index (χ3v) is 4.81. The molecule has 1 heterocycles. The van der Waals surface area contributed by atoms with Crippen molar-refractivity contribution in [3.63, 3.8) is 0 Å². The van der Waals surface area contributed by atoms with Gasteiger partial charge in [0.1, 0.15) is 5.82 Å². The third kappa shape index (κ3) is 2.91. The Bertz CT molecular complexity index is 524. The molecule has 0 bridgehead atoms. The summed E-state index contributed by atoms with van der Waals surface area (Å²) in [4.78, 5) is 5.19. The van der Waals surface area contributed by atoms with Gasteiger partial charge in [0.25, 0.3) is 0 Å². The summed E-state index contributed by atoms with van der Waals surface area (Å²) in [7, 11) is 0. The van der Waals surface area contributed by atoms with Crippen LogP contribution in [-0.2, 0) is 6.54 Å². The number of nitrogens with zero attached hydrogens (tertiary/aromatic N) is 1. The van der Waals surface area contributed by atoms with Crippen molar-refractivity contribution in [3.8, 4) is 0 Å². The Morgan fingerprint density at radius 1 is 1.44 bits per heavy atom. The molecule has 5 heteroatoms. The molecule has 0 spiro atoms. The van der Waals surface area contributed by atoms with E-state index in [0.29, 0.717) is 12.6 Å². The van der Waals surface area contributed by atoms with Gasteiger partial charge < -0.3 is 5.32 Å². The molecule has 2 nitrogen and oxygen atoms in total. The summed E-state index contributed by atoms with van der Waals surface area (Å²) in [6, 6.07) is 5.82. The SMILES string of the molecule is Fc1cccc(Sc2nccs2)c1CNC1CC1. The first-order chi connectivity index (χ1) is 8.83. The Morgan fingerprint density at radius 3 is 3.06 bits per heavy atom. The van der Waals surface area contributed by atoms with E-state index in [1.165, 1.54) is 30.7 Å². The fourth-order valence-corrected chi connectivity index (χ4v) is 3.42. The van der Waals surface area contributed by atoms with Crippen LogP contribution in [0.4, 0.5) is 4.39 Å². The molecule has 1 N–H and O–H groups in total. The van der Waals surface area contributed by atoms with Gasteiger partial charge in [-0.05, 0) is 25.0 Å². The molecule has 18 heavy (non-hydrogen) atoms. The molecular weight excluding hydrogens is 267 g/mol. The number of hydrogen-bond donors (Lipinski definition) is 1. The van der Waals surface area contributed by atoms with Crippen LogP contribution in [-0.4, -0.2) is 11.0 Å². The van der Waals surface area contributed by atoms with Gasteiger partial charge in [0.15, 0.2) is 4.34 Å². The Labute approximate surface area is 114 Å². The van der Waals surface area contributed by atoms with Gasteiger partial charge in [0, 0.05) is 34.6 Å². The summed E-state index contributed by atoms with van der Waals surface area (Å²) in [5.74, 6) is -0.135. The summed E-state index contributed by atoms with van der Waals surface area (Å²) >= 11 is 3.11. The molecule has 1 aliphatic rings. The van der Waals surface area contributed by atoms with E-state index < -0.39 is 0 Å². The molecule has 0 unspecified atom stereocenters. The molecule has 1 aromatic heterocycles. The number of aromatic nitrogens is 1. The molecule has 94 valence electrons. The summed E-state index contributed by atoms with van der Waals surface area (Å²) in [6.07, 6.45) is 4.20. The van der Waals surface area contributed by atoms with E-state index in [2.05, 4.69) is 10.3 Å². The number of hydrogen-bond acceptors (Lipinski definition) is 4. The van der Waals surface area contributed by atoms with E-state index >= 15 is 0 Å². The summed E-state index contributed by atoms with van der Waals surface area (Å²) in [6.45, 7) is 0.602. The van der Waals surface area contributed by atoms with Gasteiger partial charge in [0.2, 0.25) is 0 Å². The third-order valence-electron chi connectivity index (χ3n) is 2.83. The predicted molar refractivity (Wildman–Crippen MR) is 72.5 cm³/mol. The highest BCUT2D eigenvalue weighted by Crippen LogP contribution is 2.33. The molecule has 1 saturated carbocycles. The van der Waals surface area contributed by atoms with Crippen molar-refractivity contribution < 1.29 is 4.39 Å². The molecule has 0 radical (unpaired) electrons. The van der Waals surface area contributed by atoms with Gasteiger partial charge in [-0.2, -0.15) is 0 Å². The lowest BCUT2D eigenvalue weighted by Crippen LogP contribution is -2.16. The van der Waals surface area contributed by atoms with Crippen molar-refractivity contribution in [1.29, 1.82) is 0 Å². The second-order valence-corrected chi connectivity index (χ2v) is 6.46. The van der Waals surface area contributed by atoms with Crippen molar-refractivity contribution in [1.82, 2.24) is 10.3 Å². The maximum Gasteiger partial charge on any atom is 0.154 e. The van der Waals surface area contributed by atoms with Crippen LogP contribution < -0.4 is 5.32 Å². The number of benzene rings is 1. The van der Waals surface area contributed by atoms with E-state index in [1.807, 2.05) is 11.4 Å². The van der Waals surface area contributed by atoms with Gasteiger partial charge >= 0.3 is 0 Å². The number of halogens is 1. The van der Waals surface area contributed by atoms with E-state index in [9.17, 15) is 4.39 Å². The highest BCUT2D eigenvalue weighted by molar-refractivity contribution is 8.01. The first-order valence-corrected chi connectivity index (χ1v) is 7.60. The smallest absolute Gasteiger partial charge is 0.154 e. The maximum atomic E-state index is 13.9. The largest absolute Gasteiger partial charge is 0.310 e. The van der Waals surface area contributed by atoms with Crippen LogP contribution in [0.2, 0.25) is 0 Å². The Balaban J connectivity index is 1.80. The normalized spacial score (nSPS) is 14.9. The minimum Gasteiger partial charge on any atom is -0.310 e. The molecule has 1 aliphatic carbocycles. The van der Waals surface area contributed by atoms with Crippen molar-refractivity contribution >= 4 is 23.1 Å². The fraction of sp³-hybridized carbons (Fsp3) is 0.308. The van der Waals surface area contributed by atoms with Crippen LogP contribution >= 0.6 is 23.1 Å². The molecule has 1 fully saturated rings. The van der Waals surface area contributed by atoms with Gasteiger partial charge in [-0.1, -0.05) is 17.8 Å². The van der Waals surface area contributed by atoms with Crippen LogP contribution in [0.3, 0.4) is 0 Å². The van der Waals surface area contributed by atoms with Crippen molar-refractivity contribution in [2.24, 2.45) is 0 Å². The fourth-order valence-electron chi connectivity index (χ4n) is 1.69. The highest BCUT2D eigenvalue weighted by Gasteiger charge is 2.21. The zero-order valence-corrected chi connectivity index (χ0v) is 11.4. The monoisotopic (exact) mass is 280 g/mol. The highest BCUT2D eigenvalue weighted by atomic mass is 32.2. The summed E-state index contributed by atoms with van der Waals surface area (Å²) in [5, 5.41) is 5.30. The molecule has 0 amide bonds. The molecule has 0 aliphatic heterocycles. The lowest BCUT2D eigenvalue weighted by molar-refractivity contribution is 0.579. The topological polar surface area (TPSA) is 24.9 Å². The number of rotatable bonds is 5. The molecule has 3 rings (SSSR count). The van der Waals surface area contributed by atoms with Crippen molar-refractivity contribution in [2.75, 3.05) is 0 Å². The van der Waals surface area contributed by atoms with Crippen LogP contribution in [0.15, 0.2) is 39.0 Å². The Morgan fingerprint density at radius 2 is 2.33 bits per heavy atom. The Hall–Kier alpha value is -0.910. The standard InChI is InChI=1S/C13H13FN2S2/c14-11-2-1-3-12(18-13-15-6-7-17-13)10(11)8-16-9-4-5-9/h1-3,6-7,9,16H,4-5,8H2.